The second-order valence-electron chi connectivity index (χ2n) is 6.49. The van der Waals surface area contributed by atoms with E-state index < -0.39 is 4.92 Å². The highest BCUT2D eigenvalue weighted by Gasteiger charge is 2.36. The van der Waals surface area contributed by atoms with Crippen molar-refractivity contribution in [2.75, 3.05) is 7.05 Å². The van der Waals surface area contributed by atoms with Crippen LogP contribution in [-0.2, 0) is 0 Å². The number of non-ortho nitro benzene ring substituents is 1. The van der Waals surface area contributed by atoms with Crippen LogP contribution >= 0.6 is 12.4 Å². The normalized spacial score (nSPS) is 25.6. The van der Waals surface area contributed by atoms with Crippen LogP contribution in [0.3, 0.4) is 0 Å². The molecule has 2 aliphatic heterocycles. The van der Waals surface area contributed by atoms with E-state index in [1.165, 1.54) is 25.0 Å². The molecule has 2 saturated heterocycles. The Morgan fingerprint density at radius 1 is 1.26 bits per heavy atom. The fourth-order valence-electron chi connectivity index (χ4n) is 3.70. The Hall–Kier alpha value is -1.66. The van der Waals surface area contributed by atoms with Crippen LogP contribution < -0.4 is 5.32 Å². The van der Waals surface area contributed by atoms with E-state index in [-0.39, 0.29) is 30.0 Å². The van der Waals surface area contributed by atoms with Gasteiger partial charge in [0.25, 0.3) is 11.6 Å². The monoisotopic (exact) mass is 339 g/mol. The van der Waals surface area contributed by atoms with Crippen LogP contribution in [0, 0.1) is 17.0 Å². The molecule has 2 heterocycles. The topological polar surface area (TPSA) is 75.5 Å². The molecule has 0 spiro atoms. The van der Waals surface area contributed by atoms with Crippen molar-refractivity contribution in [2.45, 2.75) is 50.7 Å². The van der Waals surface area contributed by atoms with E-state index in [4.69, 9.17) is 0 Å². The maximum absolute atomic E-state index is 12.7. The number of fused-ring (bicyclic) bond motifs is 2. The predicted octanol–water partition coefficient (Wildman–Crippen LogP) is 2.68. The summed E-state index contributed by atoms with van der Waals surface area (Å²) in [6.45, 7) is 1.77. The summed E-state index contributed by atoms with van der Waals surface area (Å²) >= 11 is 0. The fourth-order valence-corrected chi connectivity index (χ4v) is 3.70. The summed E-state index contributed by atoms with van der Waals surface area (Å²) < 4.78 is 0. The lowest BCUT2D eigenvalue weighted by Gasteiger charge is -2.35. The number of amides is 1. The number of hydrogen-bond donors (Lipinski definition) is 1. The molecule has 1 aromatic rings. The third-order valence-corrected chi connectivity index (χ3v) is 4.84. The predicted molar refractivity (Wildman–Crippen MR) is 90.1 cm³/mol. The Labute approximate surface area is 141 Å². The van der Waals surface area contributed by atoms with Gasteiger partial charge in [-0.25, -0.2) is 0 Å². The zero-order valence-corrected chi connectivity index (χ0v) is 14.1. The standard InChI is InChI=1S/C16H21N3O3.ClH/c1-10-5-11(7-15(6-10)19(21)22)16(20)18(2)14-8-12-3-4-13(9-14)17-12;/h5-7,12-14,17H,3-4,8-9H2,1-2H3;1H. The van der Waals surface area contributed by atoms with E-state index in [0.29, 0.717) is 17.6 Å². The number of nitro groups is 1. The van der Waals surface area contributed by atoms with Crippen LogP contribution in [0.15, 0.2) is 18.2 Å². The van der Waals surface area contributed by atoms with E-state index >= 15 is 0 Å². The van der Waals surface area contributed by atoms with Crippen LogP contribution in [0.25, 0.3) is 0 Å². The van der Waals surface area contributed by atoms with Crippen molar-refractivity contribution in [3.63, 3.8) is 0 Å². The van der Waals surface area contributed by atoms with Crippen molar-refractivity contribution in [3.8, 4) is 0 Å². The maximum Gasteiger partial charge on any atom is 0.270 e. The minimum atomic E-state index is -0.450. The first-order valence-corrected chi connectivity index (χ1v) is 7.73. The number of nitrogens with one attached hydrogen (secondary N) is 1. The largest absolute Gasteiger partial charge is 0.339 e. The summed E-state index contributed by atoms with van der Waals surface area (Å²) in [6.07, 6.45) is 4.29. The molecule has 6 nitrogen and oxygen atoms in total. The number of hydrogen-bond acceptors (Lipinski definition) is 4. The molecule has 2 aliphatic rings. The van der Waals surface area contributed by atoms with Gasteiger partial charge in [0.15, 0.2) is 0 Å². The number of carbonyl (C=O) groups excluding carboxylic acids is 1. The number of benzene rings is 1. The Kier molecular flexibility index (Phi) is 5.26. The molecule has 1 amide bonds. The first kappa shape index (κ1) is 17.7. The molecule has 0 aliphatic carbocycles. The highest BCUT2D eigenvalue weighted by molar-refractivity contribution is 5.95. The molecule has 1 aromatic carbocycles. The first-order chi connectivity index (χ1) is 10.4. The van der Waals surface area contributed by atoms with E-state index in [1.807, 2.05) is 7.05 Å². The van der Waals surface area contributed by atoms with Crippen molar-refractivity contribution in [2.24, 2.45) is 0 Å². The second-order valence-corrected chi connectivity index (χ2v) is 6.49. The van der Waals surface area contributed by atoms with Gasteiger partial charge in [0, 0.05) is 42.9 Å². The van der Waals surface area contributed by atoms with Crippen molar-refractivity contribution in [1.82, 2.24) is 10.2 Å². The molecule has 126 valence electrons. The van der Waals surface area contributed by atoms with Crippen molar-refractivity contribution >= 4 is 24.0 Å². The lowest BCUT2D eigenvalue weighted by molar-refractivity contribution is -0.384. The van der Waals surface area contributed by atoms with E-state index in [9.17, 15) is 14.9 Å². The number of aryl methyl sites for hydroxylation is 1. The molecule has 2 bridgehead atoms. The molecule has 0 aromatic heterocycles. The number of nitro benzene ring substituents is 1. The Morgan fingerprint density at radius 2 is 1.87 bits per heavy atom. The SMILES string of the molecule is Cc1cc(C(=O)N(C)C2CC3CCC(C2)N3)cc([N+](=O)[O-])c1.Cl. The average Bonchev–Trinajstić information content (AvgIpc) is 2.83. The maximum atomic E-state index is 12.7. The van der Waals surface area contributed by atoms with E-state index in [2.05, 4.69) is 5.32 Å². The van der Waals surface area contributed by atoms with E-state index in [1.54, 1.807) is 17.9 Å². The zero-order chi connectivity index (χ0) is 15.9. The summed E-state index contributed by atoms with van der Waals surface area (Å²) in [4.78, 5) is 25.0. The Morgan fingerprint density at radius 3 is 2.43 bits per heavy atom. The van der Waals surface area contributed by atoms with Gasteiger partial charge < -0.3 is 10.2 Å². The van der Waals surface area contributed by atoms with Gasteiger partial charge in [-0.2, -0.15) is 0 Å². The minimum Gasteiger partial charge on any atom is -0.339 e. The smallest absolute Gasteiger partial charge is 0.270 e. The zero-order valence-electron chi connectivity index (χ0n) is 13.3. The molecule has 0 saturated carbocycles. The molecule has 0 radical (unpaired) electrons. The summed E-state index contributed by atoms with van der Waals surface area (Å²) in [5, 5.41) is 14.5. The molecule has 2 fully saturated rings. The van der Waals surface area contributed by atoms with Crippen molar-refractivity contribution in [1.29, 1.82) is 0 Å². The van der Waals surface area contributed by atoms with Gasteiger partial charge in [0.05, 0.1) is 4.92 Å². The number of halogens is 1. The van der Waals surface area contributed by atoms with Gasteiger partial charge >= 0.3 is 0 Å². The number of rotatable bonds is 3. The lowest BCUT2D eigenvalue weighted by atomic mass is 9.97. The highest BCUT2D eigenvalue weighted by atomic mass is 35.5. The number of piperidine rings is 1. The second kappa shape index (κ2) is 6.84. The third kappa shape index (κ3) is 3.64. The third-order valence-electron chi connectivity index (χ3n) is 4.84. The number of nitrogens with zero attached hydrogens (tertiary/aromatic N) is 2. The average molecular weight is 340 g/mol. The van der Waals surface area contributed by atoms with Gasteiger partial charge in [-0.05, 0) is 44.2 Å². The first-order valence-electron chi connectivity index (χ1n) is 7.73. The highest BCUT2D eigenvalue weighted by Crippen LogP contribution is 2.30. The fraction of sp³-hybridized carbons (Fsp3) is 0.562. The van der Waals surface area contributed by atoms with Crippen molar-refractivity contribution in [3.05, 3.63) is 39.4 Å². The van der Waals surface area contributed by atoms with Crippen LogP contribution in [0.1, 0.15) is 41.6 Å². The molecular weight excluding hydrogens is 318 g/mol. The van der Waals surface area contributed by atoms with Crippen LogP contribution in [0.4, 0.5) is 5.69 Å². The minimum absolute atomic E-state index is 0. The van der Waals surface area contributed by atoms with Gasteiger partial charge in [0.2, 0.25) is 0 Å². The molecule has 2 atom stereocenters. The van der Waals surface area contributed by atoms with Gasteiger partial charge in [0.1, 0.15) is 0 Å². The Balaban J connectivity index is 0.00000192. The van der Waals surface area contributed by atoms with Crippen LogP contribution in [0.5, 0.6) is 0 Å². The van der Waals surface area contributed by atoms with Crippen molar-refractivity contribution < 1.29 is 9.72 Å². The quantitative estimate of drug-likeness (QED) is 0.678. The molecular formula is C16H22ClN3O3. The summed E-state index contributed by atoms with van der Waals surface area (Å²) in [5.74, 6) is -0.127. The number of carbonyl (C=O) groups is 1. The molecule has 2 unspecified atom stereocenters. The van der Waals surface area contributed by atoms with Gasteiger partial charge in [-0.3, -0.25) is 14.9 Å². The summed E-state index contributed by atoms with van der Waals surface area (Å²) in [7, 11) is 1.81. The molecule has 7 heteroatoms. The molecule has 23 heavy (non-hydrogen) atoms. The lowest BCUT2D eigenvalue weighted by Crippen LogP contribution is -2.48. The van der Waals surface area contributed by atoms with Gasteiger partial charge in [-0.15, -0.1) is 12.4 Å². The van der Waals surface area contributed by atoms with E-state index in [0.717, 1.165) is 18.4 Å². The Bertz CT molecular complexity index is 611. The van der Waals surface area contributed by atoms with Crippen LogP contribution in [-0.4, -0.2) is 40.9 Å². The van der Waals surface area contributed by atoms with Gasteiger partial charge in [-0.1, -0.05) is 0 Å². The van der Waals surface area contributed by atoms with Crippen LogP contribution in [0.2, 0.25) is 0 Å². The summed E-state index contributed by atoms with van der Waals surface area (Å²) in [5.41, 5.74) is 1.11. The summed E-state index contributed by atoms with van der Waals surface area (Å²) in [6, 6.07) is 5.81. The molecule has 3 rings (SSSR count). The molecule has 1 N–H and O–H groups in total.